The van der Waals surface area contributed by atoms with Crippen LogP contribution in [-0.4, -0.2) is 48.0 Å². The summed E-state index contributed by atoms with van der Waals surface area (Å²) in [6, 6.07) is 8.38. The molecule has 11 nitrogen and oxygen atoms in total. The van der Waals surface area contributed by atoms with Crippen molar-refractivity contribution in [1.82, 2.24) is 15.6 Å². The van der Waals surface area contributed by atoms with Crippen LogP contribution in [0.1, 0.15) is 46.4 Å². The van der Waals surface area contributed by atoms with Gasteiger partial charge in [0.25, 0.3) is 17.5 Å². The largest absolute Gasteiger partial charge is 0.496 e. The number of aromatic nitrogens is 1. The lowest BCUT2D eigenvalue weighted by atomic mass is 9.89. The molecule has 1 heterocycles. The zero-order chi connectivity index (χ0) is 26.7. The molecule has 1 saturated carbocycles. The van der Waals surface area contributed by atoms with Crippen LogP contribution >= 0.6 is 15.9 Å². The number of ether oxygens (including phenoxy) is 1. The van der Waals surface area contributed by atoms with Crippen LogP contribution in [0, 0.1) is 10.1 Å². The van der Waals surface area contributed by atoms with Gasteiger partial charge in [-0.05, 0) is 31.0 Å². The number of carbonyl (C=O) groups is 2. The van der Waals surface area contributed by atoms with Gasteiger partial charge in [-0.1, -0.05) is 34.8 Å². The molecule has 4 rings (SSSR count). The van der Waals surface area contributed by atoms with Gasteiger partial charge in [0, 0.05) is 35.7 Å². The van der Waals surface area contributed by atoms with Crippen LogP contribution < -0.4 is 26.2 Å². The molecule has 0 unspecified atom stereocenters. The molecule has 2 aromatic carbocycles. The van der Waals surface area contributed by atoms with E-state index in [1.54, 1.807) is 18.2 Å². The van der Waals surface area contributed by atoms with Crippen LogP contribution in [-0.2, 0) is 0 Å². The molecule has 1 fully saturated rings. The van der Waals surface area contributed by atoms with Crippen LogP contribution in [0.3, 0.4) is 0 Å². The monoisotopic (exact) mass is 571 g/mol. The lowest BCUT2D eigenvalue weighted by Crippen LogP contribution is -2.49. The third-order valence-corrected chi connectivity index (χ3v) is 6.91. The first-order chi connectivity index (χ1) is 17.7. The normalized spacial score (nSPS) is 17.2. The van der Waals surface area contributed by atoms with Crippen LogP contribution in [0.15, 0.2) is 45.7 Å². The number of nitro groups is 1. The zero-order valence-electron chi connectivity index (χ0n) is 20.2. The van der Waals surface area contributed by atoms with Crippen LogP contribution in [0.5, 0.6) is 5.75 Å². The Morgan fingerprint density at radius 1 is 1.11 bits per heavy atom. The first kappa shape index (κ1) is 26.1. The standard InChI is InChI=1S/C25H26BrN5O6/c1-27-24(33)15-10-13(26)11-19(31(35)36)23(15)29-16-6-3-4-7-17(16)30-25(34)14-12-21(32)28-18-8-5-9-20(37-2)22(14)18/h5,8-12,16-17,29H,3-4,6-7H2,1-2H3,(H,27,33)(H,28,32)(H,30,34)/t16-,17+/m1/s1. The summed E-state index contributed by atoms with van der Waals surface area (Å²) in [6.07, 6.45) is 2.91. The Morgan fingerprint density at radius 2 is 1.84 bits per heavy atom. The third-order valence-electron chi connectivity index (χ3n) is 6.46. The molecule has 194 valence electrons. The molecular formula is C25H26BrN5O6. The van der Waals surface area contributed by atoms with Crippen molar-refractivity contribution in [2.45, 2.75) is 37.8 Å². The van der Waals surface area contributed by atoms with Crippen molar-refractivity contribution in [3.05, 3.63) is 72.5 Å². The lowest BCUT2D eigenvalue weighted by molar-refractivity contribution is -0.384. The predicted molar refractivity (Wildman–Crippen MR) is 142 cm³/mol. The molecule has 0 bridgehead atoms. The fourth-order valence-corrected chi connectivity index (χ4v) is 5.19. The molecule has 2 amide bonds. The van der Waals surface area contributed by atoms with E-state index in [0.717, 1.165) is 12.8 Å². The Balaban J connectivity index is 1.69. The van der Waals surface area contributed by atoms with E-state index in [1.807, 2.05) is 0 Å². The second-order valence-electron chi connectivity index (χ2n) is 8.73. The van der Waals surface area contributed by atoms with Gasteiger partial charge >= 0.3 is 0 Å². The van der Waals surface area contributed by atoms with Gasteiger partial charge in [0.1, 0.15) is 11.4 Å². The number of nitrogens with one attached hydrogen (secondary N) is 4. The number of halogens is 1. The number of fused-ring (bicyclic) bond motifs is 1. The maximum absolute atomic E-state index is 13.5. The van der Waals surface area contributed by atoms with Crippen LogP contribution in [0.25, 0.3) is 10.9 Å². The average Bonchev–Trinajstić information content (AvgIpc) is 2.88. The number of nitrogens with zero attached hydrogens (tertiary/aromatic N) is 1. The summed E-state index contributed by atoms with van der Waals surface area (Å²) in [5.41, 5.74) is 0.155. The van der Waals surface area contributed by atoms with Gasteiger partial charge in [0.05, 0.1) is 34.1 Å². The molecule has 4 N–H and O–H groups in total. The molecular weight excluding hydrogens is 546 g/mol. The van der Waals surface area contributed by atoms with Gasteiger partial charge in [-0.15, -0.1) is 0 Å². The number of pyridine rings is 1. The number of rotatable bonds is 7. The maximum Gasteiger partial charge on any atom is 0.294 e. The van der Waals surface area contributed by atoms with Crippen molar-refractivity contribution in [2.24, 2.45) is 0 Å². The van der Waals surface area contributed by atoms with Gasteiger partial charge in [-0.2, -0.15) is 0 Å². The highest BCUT2D eigenvalue weighted by Gasteiger charge is 2.32. The summed E-state index contributed by atoms with van der Waals surface area (Å²) in [4.78, 5) is 52.3. The molecule has 2 atom stereocenters. The Kier molecular flexibility index (Phi) is 7.77. The second kappa shape index (κ2) is 11.0. The Bertz CT molecular complexity index is 1440. The second-order valence-corrected chi connectivity index (χ2v) is 9.64. The minimum Gasteiger partial charge on any atom is -0.496 e. The van der Waals surface area contributed by atoms with E-state index < -0.39 is 34.4 Å². The van der Waals surface area contributed by atoms with Gasteiger partial charge < -0.3 is 25.7 Å². The van der Waals surface area contributed by atoms with Crippen molar-refractivity contribution < 1.29 is 19.2 Å². The summed E-state index contributed by atoms with van der Waals surface area (Å²) in [6.45, 7) is 0. The van der Waals surface area contributed by atoms with Crippen molar-refractivity contribution in [3.63, 3.8) is 0 Å². The first-order valence-corrected chi connectivity index (χ1v) is 12.5. The maximum atomic E-state index is 13.5. The predicted octanol–water partition coefficient (Wildman–Crippen LogP) is 3.72. The van der Waals surface area contributed by atoms with E-state index in [4.69, 9.17) is 4.74 Å². The van der Waals surface area contributed by atoms with E-state index in [2.05, 4.69) is 36.9 Å². The first-order valence-electron chi connectivity index (χ1n) is 11.7. The highest BCUT2D eigenvalue weighted by atomic mass is 79.9. The molecule has 0 radical (unpaired) electrons. The topological polar surface area (TPSA) is 155 Å². The third kappa shape index (κ3) is 5.43. The quantitative estimate of drug-likeness (QED) is 0.248. The van der Waals surface area contributed by atoms with Crippen LogP contribution in [0.2, 0.25) is 0 Å². The SMILES string of the molecule is CNC(=O)c1cc(Br)cc([N+](=O)[O-])c1N[C@@H]1CCCC[C@@H]1NC(=O)c1cc(=O)[nH]c2cccc(OC)c12. The van der Waals surface area contributed by atoms with Gasteiger partial charge in [-0.25, -0.2) is 0 Å². The van der Waals surface area contributed by atoms with Crippen LogP contribution in [0.4, 0.5) is 11.4 Å². The molecule has 0 saturated heterocycles. The smallest absolute Gasteiger partial charge is 0.294 e. The molecule has 0 spiro atoms. The molecule has 1 aliphatic rings. The fourth-order valence-electron chi connectivity index (χ4n) is 4.74. The Morgan fingerprint density at radius 3 is 2.51 bits per heavy atom. The molecule has 12 heteroatoms. The minimum absolute atomic E-state index is 0.0852. The molecule has 0 aliphatic heterocycles. The Hall–Kier alpha value is -3.93. The summed E-state index contributed by atoms with van der Waals surface area (Å²) < 4.78 is 5.82. The molecule has 1 aliphatic carbocycles. The number of benzene rings is 2. The molecule has 3 aromatic rings. The number of H-pyrrole nitrogens is 1. The van der Waals surface area contributed by atoms with Crippen molar-refractivity contribution in [2.75, 3.05) is 19.5 Å². The van der Waals surface area contributed by atoms with Crippen molar-refractivity contribution >= 4 is 50.0 Å². The lowest BCUT2D eigenvalue weighted by Gasteiger charge is -2.34. The minimum atomic E-state index is -0.551. The average molecular weight is 572 g/mol. The Labute approximate surface area is 220 Å². The number of anilines is 1. The van der Waals surface area contributed by atoms with Gasteiger partial charge in [0.15, 0.2) is 0 Å². The van der Waals surface area contributed by atoms with E-state index in [1.165, 1.54) is 32.4 Å². The van der Waals surface area contributed by atoms with E-state index in [0.29, 0.717) is 34.0 Å². The van der Waals surface area contributed by atoms with E-state index in [-0.39, 0.29) is 22.5 Å². The number of amides is 2. The highest BCUT2D eigenvalue weighted by Crippen LogP contribution is 2.35. The van der Waals surface area contributed by atoms with Gasteiger partial charge in [0.2, 0.25) is 5.56 Å². The summed E-state index contributed by atoms with van der Waals surface area (Å²) >= 11 is 3.24. The number of hydrogen-bond donors (Lipinski definition) is 4. The summed E-state index contributed by atoms with van der Waals surface area (Å²) in [5.74, 6) is -0.501. The number of methoxy groups -OCH3 is 1. The fraction of sp³-hybridized carbons (Fsp3) is 0.320. The van der Waals surface area contributed by atoms with Crippen molar-refractivity contribution in [3.8, 4) is 5.75 Å². The van der Waals surface area contributed by atoms with Crippen molar-refractivity contribution in [1.29, 1.82) is 0 Å². The van der Waals surface area contributed by atoms with E-state index in [9.17, 15) is 24.5 Å². The van der Waals surface area contributed by atoms with Gasteiger partial charge in [-0.3, -0.25) is 24.5 Å². The van der Waals surface area contributed by atoms with E-state index >= 15 is 0 Å². The number of nitro benzene ring substituents is 1. The molecule has 1 aromatic heterocycles. The zero-order valence-corrected chi connectivity index (χ0v) is 21.8. The number of carbonyl (C=O) groups excluding carboxylic acids is 2. The molecule has 37 heavy (non-hydrogen) atoms. The number of aromatic amines is 1. The summed E-state index contributed by atoms with van der Waals surface area (Å²) in [7, 11) is 2.93. The summed E-state index contributed by atoms with van der Waals surface area (Å²) in [5, 5.41) is 21.0. The number of hydrogen-bond acceptors (Lipinski definition) is 7. The highest BCUT2D eigenvalue weighted by molar-refractivity contribution is 9.10.